The number of hydrogen-bond acceptors (Lipinski definition) is 3. The van der Waals surface area contributed by atoms with Crippen LogP contribution in [0.15, 0.2) is 48.7 Å². The second-order valence-electron chi connectivity index (χ2n) is 6.07. The normalized spacial score (nSPS) is 15.0. The lowest BCUT2D eigenvalue weighted by atomic mass is 9.93. The van der Waals surface area contributed by atoms with Gasteiger partial charge in [-0.3, -0.25) is 4.98 Å². The van der Waals surface area contributed by atoms with Crippen molar-refractivity contribution >= 4 is 31.6 Å². The van der Waals surface area contributed by atoms with Gasteiger partial charge in [-0.25, -0.2) is 4.98 Å². The standard InChI is InChI=1S/C22H22N2S/c1-4-15(5-2)16-11-12-23-20(13-16)19-8-6-7-17-18-10-9-14(3)24-22(18)25-21(17)19/h6-13,15H,4-5H2,1-3H3/i3D3,15D. The minimum absolute atomic E-state index is 0.114. The third-order valence-corrected chi connectivity index (χ3v) is 5.81. The molecule has 0 aliphatic carbocycles. The van der Waals surface area contributed by atoms with Crippen LogP contribution in [0, 0.1) is 6.85 Å². The quantitative estimate of drug-likeness (QED) is 0.408. The molecule has 0 bridgehead atoms. The van der Waals surface area contributed by atoms with E-state index in [0.29, 0.717) is 4.83 Å². The molecule has 0 unspecified atom stereocenters. The lowest BCUT2D eigenvalue weighted by molar-refractivity contribution is 0.641. The minimum atomic E-state index is -2.22. The summed E-state index contributed by atoms with van der Waals surface area (Å²) in [5.41, 5.74) is 2.89. The van der Waals surface area contributed by atoms with Gasteiger partial charge in [-0.15, -0.1) is 11.3 Å². The third-order valence-electron chi connectivity index (χ3n) is 4.66. The number of hydrogen-bond donors (Lipinski definition) is 0. The van der Waals surface area contributed by atoms with Crippen molar-refractivity contribution in [1.82, 2.24) is 9.97 Å². The van der Waals surface area contributed by atoms with Crippen molar-refractivity contribution in [3.05, 3.63) is 59.9 Å². The van der Waals surface area contributed by atoms with E-state index in [1.165, 1.54) is 11.3 Å². The highest BCUT2D eigenvalue weighted by Gasteiger charge is 2.14. The second-order valence-corrected chi connectivity index (χ2v) is 7.07. The molecule has 0 N–H and O–H groups in total. The highest BCUT2D eigenvalue weighted by atomic mass is 32.1. The number of aryl methyl sites for hydroxylation is 1. The van der Waals surface area contributed by atoms with Crippen LogP contribution in [0.5, 0.6) is 0 Å². The van der Waals surface area contributed by atoms with E-state index in [2.05, 4.69) is 9.97 Å². The van der Waals surface area contributed by atoms with Gasteiger partial charge >= 0.3 is 0 Å². The summed E-state index contributed by atoms with van der Waals surface area (Å²) in [5.74, 6) is -0.623. The molecule has 0 fully saturated rings. The molecule has 3 aromatic heterocycles. The molecule has 0 amide bonds. The Morgan fingerprint density at radius 1 is 1.12 bits per heavy atom. The molecule has 0 atom stereocenters. The van der Waals surface area contributed by atoms with E-state index in [0.717, 1.165) is 45.1 Å². The fourth-order valence-electron chi connectivity index (χ4n) is 3.34. The van der Waals surface area contributed by atoms with Gasteiger partial charge in [-0.2, -0.15) is 0 Å². The largest absolute Gasteiger partial charge is 0.256 e. The molecule has 4 rings (SSSR count). The van der Waals surface area contributed by atoms with Crippen LogP contribution < -0.4 is 0 Å². The Hall–Kier alpha value is -2.26. The van der Waals surface area contributed by atoms with Crippen molar-refractivity contribution in [2.24, 2.45) is 0 Å². The summed E-state index contributed by atoms with van der Waals surface area (Å²) >= 11 is 1.49. The molecule has 0 saturated carbocycles. The maximum Gasteiger partial charge on any atom is 0.124 e. The van der Waals surface area contributed by atoms with Crippen molar-refractivity contribution in [2.45, 2.75) is 39.4 Å². The first-order chi connectivity index (χ1) is 13.8. The summed E-state index contributed by atoms with van der Waals surface area (Å²) < 4.78 is 32.7. The van der Waals surface area contributed by atoms with Crippen LogP contribution in [0.3, 0.4) is 0 Å². The van der Waals surface area contributed by atoms with E-state index in [4.69, 9.17) is 5.48 Å². The number of thiophene rings is 1. The number of fused-ring (bicyclic) bond motifs is 3. The van der Waals surface area contributed by atoms with Gasteiger partial charge in [0.05, 0.1) is 5.69 Å². The Morgan fingerprint density at radius 2 is 2.00 bits per heavy atom. The summed E-state index contributed by atoms with van der Waals surface area (Å²) in [7, 11) is 0. The molecule has 3 heterocycles. The van der Waals surface area contributed by atoms with E-state index in [1.807, 2.05) is 50.2 Å². The Morgan fingerprint density at radius 3 is 2.80 bits per heavy atom. The number of benzene rings is 1. The Labute approximate surface area is 158 Å². The zero-order valence-corrected chi connectivity index (χ0v) is 15.2. The van der Waals surface area contributed by atoms with Gasteiger partial charge in [0.1, 0.15) is 4.83 Å². The van der Waals surface area contributed by atoms with Gasteiger partial charge in [0.25, 0.3) is 0 Å². The van der Waals surface area contributed by atoms with E-state index in [9.17, 15) is 0 Å². The highest BCUT2D eigenvalue weighted by Crippen LogP contribution is 2.39. The molecule has 0 aliphatic rings. The average Bonchev–Trinajstić information content (AvgIpc) is 3.10. The fraction of sp³-hybridized carbons (Fsp3) is 0.273. The molecule has 0 aliphatic heterocycles. The molecule has 25 heavy (non-hydrogen) atoms. The van der Waals surface area contributed by atoms with Crippen LogP contribution in [-0.2, 0) is 0 Å². The van der Waals surface area contributed by atoms with Crippen molar-refractivity contribution in [3.63, 3.8) is 0 Å². The van der Waals surface area contributed by atoms with Crippen LogP contribution in [0.4, 0.5) is 0 Å². The van der Waals surface area contributed by atoms with Crippen LogP contribution in [-0.4, -0.2) is 9.97 Å². The molecule has 4 aromatic rings. The van der Waals surface area contributed by atoms with Gasteiger partial charge in [-0.1, -0.05) is 32.0 Å². The number of pyridine rings is 2. The molecule has 2 nitrogen and oxygen atoms in total. The van der Waals surface area contributed by atoms with Crippen LogP contribution in [0.2, 0.25) is 0 Å². The summed E-state index contributed by atoms with van der Waals surface area (Å²) in [6.07, 6.45) is 3.25. The van der Waals surface area contributed by atoms with Gasteiger partial charge in [0.2, 0.25) is 0 Å². The second kappa shape index (κ2) is 6.57. The zero-order valence-electron chi connectivity index (χ0n) is 18.3. The van der Waals surface area contributed by atoms with Crippen LogP contribution in [0.1, 0.15) is 49.3 Å². The van der Waals surface area contributed by atoms with Crippen molar-refractivity contribution < 1.29 is 5.48 Å². The van der Waals surface area contributed by atoms with Crippen molar-refractivity contribution in [2.75, 3.05) is 0 Å². The van der Waals surface area contributed by atoms with Crippen molar-refractivity contribution in [1.29, 1.82) is 0 Å². The lowest BCUT2D eigenvalue weighted by Crippen LogP contribution is -1.96. The Kier molecular flexibility index (Phi) is 3.19. The summed E-state index contributed by atoms with van der Waals surface area (Å²) in [5, 5.41) is 2.00. The predicted molar refractivity (Wildman–Crippen MR) is 108 cm³/mol. The first-order valence-corrected chi connectivity index (χ1v) is 9.38. The third kappa shape index (κ3) is 2.83. The van der Waals surface area contributed by atoms with Crippen LogP contribution >= 0.6 is 11.3 Å². The zero-order chi connectivity index (χ0) is 20.8. The van der Waals surface area contributed by atoms with E-state index < -0.39 is 12.7 Å². The first-order valence-electron chi connectivity index (χ1n) is 10.6. The van der Waals surface area contributed by atoms with E-state index >= 15 is 0 Å². The molecular weight excluding hydrogens is 324 g/mol. The summed E-state index contributed by atoms with van der Waals surface area (Å²) in [4.78, 5) is 9.71. The average molecular weight is 351 g/mol. The fourth-order valence-corrected chi connectivity index (χ4v) is 4.53. The van der Waals surface area contributed by atoms with E-state index in [1.54, 1.807) is 12.3 Å². The molecule has 0 saturated heterocycles. The van der Waals surface area contributed by atoms with E-state index in [-0.39, 0.29) is 5.69 Å². The molecule has 0 radical (unpaired) electrons. The smallest absolute Gasteiger partial charge is 0.124 e. The van der Waals surface area contributed by atoms with Gasteiger partial charge < -0.3 is 0 Å². The SMILES string of the molecule is [2H]C([2H])([2H])c1ccc2c(n1)sc1c(-c3cc(C([2H])(CC)CC)ccn3)cccc12. The van der Waals surface area contributed by atoms with Crippen molar-refractivity contribution in [3.8, 4) is 11.3 Å². The number of nitrogens with zero attached hydrogens (tertiary/aromatic N) is 2. The maximum absolute atomic E-state index is 8.76. The highest BCUT2D eigenvalue weighted by molar-refractivity contribution is 7.26. The Balaban J connectivity index is 1.91. The topological polar surface area (TPSA) is 25.8 Å². The molecule has 126 valence electrons. The van der Waals surface area contributed by atoms with Gasteiger partial charge in [0, 0.05) is 38.4 Å². The number of rotatable bonds is 4. The molecule has 0 spiro atoms. The number of aromatic nitrogens is 2. The minimum Gasteiger partial charge on any atom is -0.256 e. The maximum atomic E-state index is 8.76. The van der Waals surface area contributed by atoms with Crippen LogP contribution in [0.25, 0.3) is 31.6 Å². The molecule has 3 heteroatoms. The van der Waals surface area contributed by atoms with Gasteiger partial charge in [-0.05, 0) is 55.4 Å². The first kappa shape index (κ1) is 12.2. The lowest BCUT2D eigenvalue weighted by Gasteiger charge is -2.13. The summed E-state index contributed by atoms with van der Waals surface area (Å²) in [6.45, 7) is 1.86. The Bertz CT molecular complexity index is 1190. The monoisotopic (exact) mass is 350 g/mol. The molecule has 1 aromatic carbocycles. The van der Waals surface area contributed by atoms with Gasteiger partial charge in [0.15, 0.2) is 0 Å². The summed E-state index contributed by atoms with van der Waals surface area (Å²) in [6, 6.07) is 13.4. The predicted octanol–water partition coefficient (Wildman–Crippen LogP) is 6.72. The molecular formula is C22H22N2S.